The van der Waals surface area contributed by atoms with Crippen LogP contribution in [0.3, 0.4) is 0 Å². The van der Waals surface area contributed by atoms with Gasteiger partial charge in [-0.3, -0.25) is 4.90 Å². The summed E-state index contributed by atoms with van der Waals surface area (Å²) in [6.45, 7) is 14.8. The fourth-order valence-electron chi connectivity index (χ4n) is 3.46. The maximum absolute atomic E-state index is 2.78. The molecule has 2 rings (SSSR count). The van der Waals surface area contributed by atoms with Crippen LogP contribution >= 0.6 is 0 Å². The van der Waals surface area contributed by atoms with Crippen molar-refractivity contribution >= 4 is 0 Å². The number of nitrogens with zero attached hydrogens (tertiary/aromatic N) is 2. The number of likely N-dealkylation sites (tertiary alicyclic amines) is 2. The summed E-state index contributed by atoms with van der Waals surface area (Å²) < 4.78 is 0. The number of hydrogen-bond acceptors (Lipinski definition) is 2. The number of hydrogen-bond donors (Lipinski definition) is 0. The quantitative estimate of drug-likeness (QED) is 0.746. The van der Waals surface area contributed by atoms with Gasteiger partial charge in [-0.25, -0.2) is 0 Å². The summed E-state index contributed by atoms with van der Waals surface area (Å²) in [5, 5.41) is 0. The topological polar surface area (TPSA) is 6.48 Å². The first-order valence-corrected chi connectivity index (χ1v) is 7.56. The molecule has 2 heteroatoms. The van der Waals surface area contributed by atoms with Gasteiger partial charge >= 0.3 is 0 Å². The monoisotopic (exact) mass is 238 g/mol. The smallest absolute Gasteiger partial charge is 0.0120 e. The van der Waals surface area contributed by atoms with Gasteiger partial charge in [-0.15, -0.1) is 0 Å². The summed E-state index contributed by atoms with van der Waals surface area (Å²) in [5.74, 6) is 1.83. The molecule has 2 saturated heterocycles. The number of rotatable bonds is 3. The molecule has 0 aromatic carbocycles. The van der Waals surface area contributed by atoms with Gasteiger partial charge in [0.1, 0.15) is 0 Å². The van der Waals surface area contributed by atoms with E-state index < -0.39 is 0 Å². The first-order chi connectivity index (χ1) is 8.08. The van der Waals surface area contributed by atoms with Crippen molar-refractivity contribution < 1.29 is 0 Å². The predicted octanol–water partition coefficient (Wildman–Crippen LogP) is 2.84. The molecule has 2 nitrogen and oxygen atoms in total. The highest BCUT2D eigenvalue weighted by molar-refractivity contribution is 4.86. The minimum absolute atomic E-state index is 0.734. The van der Waals surface area contributed by atoms with E-state index in [2.05, 4.69) is 37.5 Å². The van der Waals surface area contributed by atoms with Gasteiger partial charge in [0.25, 0.3) is 0 Å². The Hall–Kier alpha value is -0.0800. The van der Waals surface area contributed by atoms with Gasteiger partial charge in [-0.05, 0) is 64.6 Å². The zero-order valence-corrected chi connectivity index (χ0v) is 12.2. The molecule has 0 aliphatic carbocycles. The third-order valence-corrected chi connectivity index (χ3v) is 4.94. The van der Waals surface area contributed by atoms with E-state index in [1.807, 2.05) is 0 Å². The summed E-state index contributed by atoms with van der Waals surface area (Å²) in [5.41, 5.74) is 0. The van der Waals surface area contributed by atoms with Crippen molar-refractivity contribution in [2.75, 3.05) is 26.2 Å². The van der Waals surface area contributed by atoms with Crippen LogP contribution in [-0.4, -0.2) is 48.1 Å². The maximum atomic E-state index is 2.78. The van der Waals surface area contributed by atoms with Crippen LogP contribution in [0.4, 0.5) is 0 Å². The minimum Gasteiger partial charge on any atom is -0.301 e. The Bertz CT molecular complexity index is 229. The van der Waals surface area contributed by atoms with Gasteiger partial charge in [-0.2, -0.15) is 0 Å². The molecule has 2 heterocycles. The van der Waals surface area contributed by atoms with Gasteiger partial charge in [0.05, 0.1) is 0 Å². The summed E-state index contributed by atoms with van der Waals surface area (Å²) in [7, 11) is 0. The molecule has 0 radical (unpaired) electrons. The molecular formula is C15H30N2. The molecule has 1 atom stereocenters. The lowest BCUT2D eigenvalue weighted by molar-refractivity contribution is 0.103. The average Bonchev–Trinajstić information content (AvgIpc) is 2.78. The van der Waals surface area contributed by atoms with Crippen LogP contribution in [0, 0.1) is 11.8 Å². The third-order valence-electron chi connectivity index (χ3n) is 4.94. The normalized spacial score (nSPS) is 29.6. The van der Waals surface area contributed by atoms with Crippen LogP contribution in [0.1, 0.15) is 47.0 Å². The van der Waals surface area contributed by atoms with E-state index >= 15 is 0 Å². The van der Waals surface area contributed by atoms with Crippen LogP contribution in [0.2, 0.25) is 0 Å². The summed E-state index contributed by atoms with van der Waals surface area (Å²) in [6.07, 6.45) is 4.22. The molecule has 0 amide bonds. The molecule has 0 N–H and O–H groups in total. The lowest BCUT2D eigenvalue weighted by Gasteiger charge is -2.38. The Morgan fingerprint density at radius 3 is 2.00 bits per heavy atom. The highest BCUT2D eigenvalue weighted by Crippen LogP contribution is 2.28. The summed E-state index contributed by atoms with van der Waals surface area (Å²) >= 11 is 0. The zero-order valence-electron chi connectivity index (χ0n) is 12.2. The lowest BCUT2D eigenvalue weighted by atomic mass is 9.95. The van der Waals surface area contributed by atoms with E-state index in [1.54, 1.807) is 0 Å². The Morgan fingerprint density at radius 1 is 0.882 bits per heavy atom. The Labute approximate surface area is 107 Å². The van der Waals surface area contributed by atoms with Crippen LogP contribution < -0.4 is 0 Å². The maximum Gasteiger partial charge on any atom is 0.0120 e. The molecule has 0 bridgehead atoms. The van der Waals surface area contributed by atoms with Crippen LogP contribution in [-0.2, 0) is 0 Å². The molecule has 0 aromatic rings. The number of piperidine rings is 1. The Morgan fingerprint density at radius 2 is 1.53 bits per heavy atom. The van der Waals surface area contributed by atoms with Crippen LogP contribution in [0.5, 0.6) is 0 Å². The second-order valence-electron chi connectivity index (χ2n) is 6.65. The van der Waals surface area contributed by atoms with E-state index in [1.165, 1.54) is 45.4 Å². The van der Waals surface area contributed by atoms with Crippen molar-refractivity contribution in [2.24, 2.45) is 11.8 Å². The van der Waals surface area contributed by atoms with E-state index in [0.717, 1.165) is 23.9 Å². The van der Waals surface area contributed by atoms with Crippen molar-refractivity contribution in [1.82, 2.24) is 9.80 Å². The van der Waals surface area contributed by atoms with Gasteiger partial charge in [0.2, 0.25) is 0 Å². The first kappa shape index (κ1) is 13.4. The largest absolute Gasteiger partial charge is 0.301 e. The molecule has 17 heavy (non-hydrogen) atoms. The molecule has 2 aliphatic heterocycles. The lowest BCUT2D eigenvalue weighted by Crippen LogP contribution is -2.46. The standard InChI is InChI=1S/C15H30N2/c1-12(2)14-5-8-17(11-14)15-6-9-16(10-7-15)13(3)4/h12-15H,5-11H2,1-4H3. The highest BCUT2D eigenvalue weighted by Gasteiger charge is 2.31. The fourth-order valence-corrected chi connectivity index (χ4v) is 3.46. The summed E-state index contributed by atoms with van der Waals surface area (Å²) in [4.78, 5) is 5.41. The van der Waals surface area contributed by atoms with Crippen molar-refractivity contribution in [2.45, 2.75) is 59.0 Å². The van der Waals surface area contributed by atoms with E-state index in [0.29, 0.717) is 0 Å². The SMILES string of the molecule is CC(C)C1CCN(C2CCN(C(C)C)CC2)C1. The highest BCUT2D eigenvalue weighted by atomic mass is 15.2. The average molecular weight is 238 g/mol. The predicted molar refractivity (Wildman–Crippen MR) is 74.2 cm³/mol. The van der Waals surface area contributed by atoms with Crippen molar-refractivity contribution in [3.63, 3.8) is 0 Å². The van der Waals surface area contributed by atoms with E-state index in [-0.39, 0.29) is 0 Å². The van der Waals surface area contributed by atoms with Gasteiger partial charge in [-0.1, -0.05) is 13.8 Å². The van der Waals surface area contributed by atoms with Gasteiger partial charge in [0, 0.05) is 18.6 Å². The third kappa shape index (κ3) is 3.23. The summed E-state index contributed by atoms with van der Waals surface area (Å²) in [6, 6.07) is 1.62. The zero-order chi connectivity index (χ0) is 12.4. The molecule has 2 aliphatic rings. The molecular weight excluding hydrogens is 208 g/mol. The first-order valence-electron chi connectivity index (χ1n) is 7.56. The second-order valence-corrected chi connectivity index (χ2v) is 6.65. The van der Waals surface area contributed by atoms with Crippen LogP contribution in [0.15, 0.2) is 0 Å². The molecule has 0 spiro atoms. The molecule has 100 valence electrons. The van der Waals surface area contributed by atoms with Crippen LogP contribution in [0.25, 0.3) is 0 Å². The molecule has 0 saturated carbocycles. The van der Waals surface area contributed by atoms with E-state index in [4.69, 9.17) is 0 Å². The van der Waals surface area contributed by atoms with E-state index in [9.17, 15) is 0 Å². The van der Waals surface area contributed by atoms with Crippen molar-refractivity contribution in [3.05, 3.63) is 0 Å². The van der Waals surface area contributed by atoms with Gasteiger partial charge < -0.3 is 4.90 Å². The fraction of sp³-hybridized carbons (Fsp3) is 1.00. The second kappa shape index (κ2) is 5.71. The molecule has 1 unspecified atom stereocenters. The molecule has 2 fully saturated rings. The minimum atomic E-state index is 0.734. The Balaban J connectivity index is 1.78. The van der Waals surface area contributed by atoms with Crippen molar-refractivity contribution in [1.29, 1.82) is 0 Å². The van der Waals surface area contributed by atoms with Crippen molar-refractivity contribution in [3.8, 4) is 0 Å². The Kier molecular flexibility index (Phi) is 4.48. The van der Waals surface area contributed by atoms with Gasteiger partial charge in [0.15, 0.2) is 0 Å². The molecule has 0 aromatic heterocycles.